The fraction of sp³-hybridized carbons (Fsp3) is 0.500. The van der Waals surface area contributed by atoms with Gasteiger partial charge in [0.15, 0.2) is 0 Å². The number of anilines is 1. The van der Waals surface area contributed by atoms with Crippen molar-refractivity contribution in [2.75, 3.05) is 5.32 Å². The van der Waals surface area contributed by atoms with Crippen molar-refractivity contribution in [3.05, 3.63) is 12.4 Å². The zero-order chi connectivity index (χ0) is 8.27. The first-order valence-corrected chi connectivity index (χ1v) is 3.29. The summed E-state index contributed by atoms with van der Waals surface area (Å²) in [6.07, 6.45) is 0.371. The lowest BCUT2D eigenvalue weighted by Crippen LogP contribution is -2.13. The number of nitrogens with one attached hydrogen (secondary N) is 1. The molecule has 11 heavy (non-hydrogen) atoms. The van der Waals surface area contributed by atoms with Gasteiger partial charge in [0.05, 0.1) is 0 Å². The first-order valence-electron chi connectivity index (χ1n) is 3.29. The zero-order valence-electron chi connectivity index (χ0n) is 6.37. The van der Waals surface area contributed by atoms with Gasteiger partial charge in [0.1, 0.15) is 6.33 Å². The SMILES string of the molecule is CC(C)Nc1ncnc(F)n1. The lowest BCUT2D eigenvalue weighted by atomic mass is 10.4. The Hall–Kier alpha value is -1.26. The van der Waals surface area contributed by atoms with Gasteiger partial charge in [-0.15, -0.1) is 0 Å². The summed E-state index contributed by atoms with van der Waals surface area (Å²) in [5, 5.41) is 2.84. The molecule has 5 heteroatoms. The minimum absolute atomic E-state index is 0.191. The van der Waals surface area contributed by atoms with Gasteiger partial charge in [-0.2, -0.15) is 14.4 Å². The van der Waals surface area contributed by atoms with Crippen LogP contribution in [-0.4, -0.2) is 21.0 Å². The molecule has 0 bridgehead atoms. The lowest BCUT2D eigenvalue weighted by Gasteiger charge is -2.05. The highest BCUT2D eigenvalue weighted by Gasteiger charge is 1.99. The lowest BCUT2D eigenvalue weighted by molar-refractivity contribution is 0.533. The normalized spacial score (nSPS) is 10.2. The molecule has 0 saturated heterocycles. The maximum Gasteiger partial charge on any atom is 0.313 e. The van der Waals surface area contributed by atoms with Crippen LogP contribution in [0.3, 0.4) is 0 Å². The van der Waals surface area contributed by atoms with E-state index in [0.29, 0.717) is 0 Å². The third-order valence-corrected chi connectivity index (χ3v) is 0.960. The van der Waals surface area contributed by atoms with Gasteiger partial charge in [0.2, 0.25) is 5.95 Å². The number of aromatic nitrogens is 3. The average Bonchev–Trinajstić information content (AvgIpc) is 1.85. The Kier molecular flexibility index (Phi) is 2.30. The molecule has 0 saturated carbocycles. The third kappa shape index (κ3) is 2.45. The monoisotopic (exact) mass is 156 g/mol. The van der Waals surface area contributed by atoms with Crippen molar-refractivity contribution in [3.63, 3.8) is 0 Å². The Labute approximate surface area is 63.9 Å². The molecule has 0 aliphatic heterocycles. The van der Waals surface area contributed by atoms with Crippen molar-refractivity contribution in [3.8, 4) is 0 Å². The molecule has 0 radical (unpaired) electrons. The third-order valence-electron chi connectivity index (χ3n) is 0.960. The van der Waals surface area contributed by atoms with E-state index < -0.39 is 6.08 Å². The van der Waals surface area contributed by atoms with Gasteiger partial charge in [0.25, 0.3) is 0 Å². The molecule has 0 spiro atoms. The van der Waals surface area contributed by atoms with Crippen LogP contribution >= 0.6 is 0 Å². The first-order chi connectivity index (χ1) is 5.18. The van der Waals surface area contributed by atoms with Gasteiger partial charge in [0, 0.05) is 6.04 Å². The molecule has 0 aliphatic rings. The minimum atomic E-state index is -0.761. The topological polar surface area (TPSA) is 50.7 Å². The van der Waals surface area contributed by atoms with Crippen LogP contribution in [0.4, 0.5) is 10.3 Å². The molecule has 0 atom stereocenters. The van der Waals surface area contributed by atoms with E-state index in [-0.39, 0.29) is 12.0 Å². The van der Waals surface area contributed by atoms with Crippen LogP contribution in [0, 0.1) is 6.08 Å². The molecule has 0 aliphatic carbocycles. The maximum absolute atomic E-state index is 12.3. The van der Waals surface area contributed by atoms with Crippen molar-refractivity contribution >= 4 is 5.95 Å². The van der Waals surface area contributed by atoms with Crippen molar-refractivity contribution in [2.24, 2.45) is 0 Å². The predicted octanol–water partition coefficient (Wildman–Crippen LogP) is 0.831. The van der Waals surface area contributed by atoms with Crippen molar-refractivity contribution < 1.29 is 4.39 Å². The molecule has 0 unspecified atom stereocenters. The maximum atomic E-state index is 12.3. The van der Waals surface area contributed by atoms with Crippen molar-refractivity contribution in [2.45, 2.75) is 19.9 Å². The van der Waals surface area contributed by atoms with Gasteiger partial charge in [-0.1, -0.05) is 0 Å². The second kappa shape index (κ2) is 3.23. The van der Waals surface area contributed by atoms with Crippen LogP contribution in [0.5, 0.6) is 0 Å². The predicted molar refractivity (Wildman–Crippen MR) is 38.5 cm³/mol. The highest BCUT2D eigenvalue weighted by atomic mass is 19.1. The Bertz CT molecular complexity index is 238. The molecule has 1 aromatic heterocycles. The minimum Gasteiger partial charge on any atom is -0.352 e. The molecule has 1 N–H and O–H groups in total. The fourth-order valence-electron chi connectivity index (χ4n) is 0.604. The number of nitrogens with zero attached hydrogens (tertiary/aromatic N) is 3. The second-order valence-electron chi connectivity index (χ2n) is 2.38. The van der Waals surface area contributed by atoms with Crippen LogP contribution < -0.4 is 5.32 Å². The van der Waals surface area contributed by atoms with Gasteiger partial charge >= 0.3 is 6.08 Å². The molecular weight excluding hydrogens is 147 g/mol. The summed E-state index contributed by atoms with van der Waals surface area (Å²) in [6.45, 7) is 3.84. The van der Waals surface area contributed by atoms with Gasteiger partial charge in [-0.05, 0) is 13.8 Å². The number of hydrogen-bond acceptors (Lipinski definition) is 4. The van der Waals surface area contributed by atoms with Crippen LogP contribution in [0.2, 0.25) is 0 Å². The van der Waals surface area contributed by atoms with Crippen LogP contribution in [0.1, 0.15) is 13.8 Å². The molecule has 1 rings (SSSR count). The Morgan fingerprint density at radius 3 is 2.73 bits per heavy atom. The number of halogens is 1. The standard InChI is InChI=1S/C6H9FN4/c1-4(2)10-6-9-3-8-5(7)11-6/h3-4H,1-2H3,(H,8,9,10,11). The highest BCUT2D eigenvalue weighted by molar-refractivity contribution is 5.21. The molecule has 0 amide bonds. The zero-order valence-corrected chi connectivity index (χ0v) is 6.37. The molecule has 0 aromatic carbocycles. The van der Waals surface area contributed by atoms with Crippen molar-refractivity contribution in [1.29, 1.82) is 0 Å². The van der Waals surface area contributed by atoms with Crippen LogP contribution in [-0.2, 0) is 0 Å². The number of rotatable bonds is 2. The average molecular weight is 156 g/mol. The van der Waals surface area contributed by atoms with E-state index in [1.54, 1.807) is 0 Å². The summed E-state index contributed by atoms with van der Waals surface area (Å²) in [7, 11) is 0. The quantitative estimate of drug-likeness (QED) is 0.689. The van der Waals surface area contributed by atoms with E-state index in [0.717, 1.165) is 6.33 Å². The summed E-state index contributed by atoms with van der Waals surface area (Å²) >= 11 is 0. The van der Waals surface area contributed by atoms with Gasteiger partial charge in [-0.25, -0.2) is 4.98 Å². The number of hydrogen-bond donors (Lipinski definition) is 1. The molecular formula is C6H9FN4. The van der Waals surface area contributed by atoms with E-state index >= 15 is 0 Å². The van der Waals surface area contributed by atoms with E-state index in [9.17, 15) is 4.39 Å². The largest absolute Gasteiger partial charge is 0.352 e. The molecule has 0 fully saturated rings. The second-order valence-corrected chi connectivity index (χ2v) is 2.38. The molecule has 4 nitrogen and oxygen atoms in total. The highest BCUT2D eigenvalue weighted by Crippen LogP contribution is 1.97. The first kappa shape index (κ1) is 7.84. The summed E-state index contributed by atoms with van der Waals surface area (Å²) in [5.41, 5.74) is 0. The Morgan fingerprint density at radius 2 is 2.18 bits per heavy atom. The van der Waals surface area contributed by atoms with Gasteiger partial charge in [-0.3, -0.25) is 0 Å². The molecule has 1 heterocycles. The van der Waals surface area contributed by atoms with Gasteiger partial charge < -0.3 is 5.32 Å². The summed E-state index contributed by atoms with van der Waals surface area (Å²) in [5.74, 6) is 0.271. The van der Waals surface area contributed by atoms with Crippen LogP contribution in [0.25, 0.3) is 0 Å². The summed E-state index contributed by atoms with van der Waals surface area (Å²) < 4.78 is 12.3. The van der Waals surface area contributed by atoms with E-state index in [1.807, 2.05) is 13.8 Å². The molecule has 1 aromatic rings. The van der Waals surface area contributed by atoms with E-state index in [2.05, 4.69) is 20.3 Å². The molecule has 60 valence electrons. The Balaban J connectivity index is 2.71. The van der Waals surface area contributed by atoms with Crippen LogP contribution in [0.15, 0.2) is 6.33 Å². The van der Waals surface area contributed by atoms with E-state index in [1.165, 1.54) is 0 Å². The summed E-state index contributed by atoms with van der Waals surface area (Å²) in [4.78, 5) is 10.3. The van der Waals surface area contributed by atoms with E-state index in [4.69, 9.17) is 0 Å². The van der Waals surface area contributed by atoms with Crippen molar-refractivity contribution in [1.82, 2.24) is 15.0 Å². The fourth-order valence-corrected chi connectivity index (χ4v) is 0.604. The Morgan fingerprint density at radius 1 is 1.45 bits per heavy atom. The smallest absolute Gasteiger partial charge is 0.313 e. The summed E-state index contributed by atoms with van der Waals surface area (Å²) in [6, 6.07) is 0.191.